The third-order valence-electron chi connectivity index (χ3n) is 7.02. The molecule has 4 heterocycles. The van der Waals surface area contributed by atoms with Crippen LogP contribution in [0.5, 0.6) is 0 Å². The van der Waals surface area contributed by atoms with Crippen LogP contribution < -0.4 is 4.90 Å². The standard InChI is InChI=1S/C32H19N3O2/c1-2-4-21-15-22(6-5-20(21)3-1)35(23-7-9-25-27-18-33-13-11-29(27)36-31(25)16-23)24-8-10-26-28-19-34-14-12-30(28)37-32(26)17-24/h1-19H. The van der Waals surface area contributed by atoms with Crippen molar-refractivity contribution >= 4 is 71.7 Å². The lowest BCUT2D eigenvalue weighted by Crippen LogP contribution is -2.09. The monoisotopic (exact) mass is 477 g/mol. The molecule has 0 amide bonds. The molecule has 0 unspecified atom stereocenters. The second-order valence-electron chi connectivity index (χ2n) is 9.18. The second-order valence-corrected chi connectivity index (χ2v) is 9.18. The predicted molar refractivity (Wildman–Crippen MR) is 149 cm³/mol. The van der Waals surface area contributed by atoms with Crippen LogP contribution in [0.4, 0.5) is 17.1 Å². The molecule has 0 N–H and O–H groups in total. The van der Waals surface area contributed by atoms with Crippen molar-refractivity contribution in [2.24, 2.45) is 0 Å². The summed E-state index contributed by atoms with van der Waals surface area (Å²) in [7, 11) is 0. The molecule has 37 heavy (non-hydrogen) atoms. The van der Waals surface area contributed by atoms with Crippen molar-refractivity contribution in [1.82, 2.24) is 9.97 Å². The van der Waals surface area contributed by atoms with Crippen LogP contribution in [0.1, 0.15) is 0 Å². The van der Waals surface area contributed by atoms with E-state index in [9.17, 15) is 0 Å². The van der Waals surface area contributed by atoms with Gasteiger partial charge in [0.25, 0.3) is 0 Å². The average Bonchev–Trinajstić information content (AvgIpc) is 3.50. The largest absolute Gasteiger partial charge is 0.456 e. The molecule has 8 rings (SSSR count). The highest BCUT2D eigenvalue weighted by atomic mass is 16.3. The molecule has 0 bridgehead atoms. The van der Waals surface area contributed by atoms with E-state index in [4.69, 9.17) is 8.83 Å². The van der Waals surface area contributed by atoms with Gasteiger partial charge in [-0.1, -0.05) is 30.3 Å². The Morgan fingerprint density at radius 2 is 1.00 bits per heavy atom. The molecule has 0 saturated heterocycles. The summed E-state index contributed by atoms with van der Waals surface area (Å²) in [5, 5.41) is 6.50. The number of aromatic nitrogens is 2. The van der Waals surface area contributed by atoms with Crippen LogP contribution in [0, 0.1) is 0 Å². The van der Waals surface area contributed by atoms with Crippen LogP contribution >= 0.6 is 0 Å². The first-order chi connectivity index (χ1) is 18.3. The number of hydrogen-bond acceptors (Lipinski definition) is 5. The maximum absolute atomic E-state index is 6.20. The lowest BCUT2D eigenvalue weighted by atomic mass is 10.1. The summed E-state index contributed by atoms with van der Waals surface area (Å²) in [6.07, 6.45) is 7.22. The fraction of sp³-hybridized carbons (Fsp3) is 0. The van der Waals surface area contributed by atoms with Crippen molar-refractivity contribution in [3.63, 3.8) is 0 Å². The molecule has 0 aliphatic carbocycles. The average molecular weight is 478 g/mol. The minimum absolute atomic E-state index is 0.821. The zero-order valence-corrected chi connectivity index (χ0v) is 19.6. The van der Waals surface area contributed by atoms with Crippen molar-refractivity contribution < 1.29 is 8.83 Å². The zero-order chi connectivity index (χ0) is 24.3. The highest BCUT2D eigenvalue weighted by Crippen LogP contribution is 2.41. The third-order valence-corrected chi connectivity index (χ3v) is 7.02. The highest BCUT2D eigenvalue weighted by Gasteiger charge is 2.18. The van der Waals surface area contributed by atoms with Gasteiger partial charge in [0.05, 0.1) is 0 Å². The van der Waals surface area contributed by atoms with Crippen LogP contribution in [0.15, 0.2) is 125 Å². The molecule has 0 saturated carbocycles. The van der Waals surface area contributed by atoms with E-state index in [1.165, 1.54) is 10.8 Å². The number of hydrogen-bond donors (Lipinski definition) is 0. The van der Waals surface area contributed by atoms with Gasteiger partial charge < -0.3 is 13.7 Å². The second kappa shape index (κ2) is 7.67. The molecular formula is C32H19N3O2. The number of nitrogens with zero attached hydrogens (tertiary/aromatic N) is 3. The lowest BCUT2D eigenvalue weighted by Gasteiger charge is -2.25. The summed E-state index contributed by atoms with van der Waals surface area (Å²) in [6, 6.07) is 31.4. The zero-order valence-electron chi connectivity index (χ0n) is 19.6. The van der Waals surface area contributed by atoms with Gasteiger partial charge in [-0.15, -0.1) is 0 Å². The molecule has 5 nitrogen and oxygen atoms in total. The number of anilines is 3. The summed E-state index contributed by atoms with van der Waals surface area (Å²) in [5.41, 5.74) is 6.34. The van der Waals surface area contributed by atoms with Crippen molar-refractivity contribution in [1.29, 1.82) is 0 Å². The Kier molecular flexibility index (Phi) is 4.16. The molecule has 174 valence electrons. The van der Waals surface area contributed by atoms with Crippen LogP contribution in [-0.2, 0) is 0 Å². The van der Waals surface area contributed by atoms with Gasteiger partial charge >= 0.3 is 0 Å². The van der Waals surface area contributed by atoms with E-state index in [2.05, 4.69) is 93.7 Å². The SMILES string of the molecule is c1ccc2cc(N(c3ccc4c(c3)oc3ccncc34)c3ccc4c(c3)oc3ccncc34)ccc2c1. The fourth-order valence-electron chi connectivity index (χ4n) is 5.26. The van der Waals surface area contributed by atoms with Gasteiger partial charge in [-0.3, -0.25) is 9.97 Å². The van der Waals surface area contributed by atoms with Gasteiger partial charge in [0.2, 0.25) is 0 Å². The smallest absolute Gasteiger partial charge is 0.138 e. The van der Waals surface area contributed by atoms with Gasteiger partial charge in [-0.25, -0.2) is 0 Å². The van der Waals surface area contributed by atoms with E-state index < -0.39 is 0 Å². The Morgan fingerprint density at radius 1 is 0.459 bits per heavy atom. The van der Waals surface area contributed by atoms with E-state index in [0.717, 1.165) is 60.9 Å². The maximum Gasteiger partial charge on any atom is 0.138 e. The first kappa shape index (κ1) is 20.1. The topological polar surface area (TPSA) is 55.3 Å². The summed E-state index contributed by atoms with van der Waals surface area (Å²) < 4.78 is 12.4. The minimum Gasteiger partial charge on any atom is -0.456 e. The third kappa shape index (κ3) is 3.11. The van der Waals surface area contributed by atoms with E-state index in [0.29, 0.717) is 0 Å². The van der Waals surface area contributed by atoms with Crippen molar-refractivity contribution in [3.8, 4) is 0 Å². The van der Waals surface area contributed by atoms with Crippen molar-refractivity contribution in [2.75, 3.05) is 4.90 Å². The molecule has 0 radical (unpaired) electrons. The molecule has 0 aliphatic rings. The van der Waals surface area contributed by atoms with Gasteiger partial charge in [-0.05, 0) is 59.3 Å². The van der Waals surface area contributed by atoms with Crippen LogP contribution in [0.25, 0.3) is 54.6 Å². The molecule has 4 aromatic heterocycles. The molecular weight excluding hydrogens is 458 g/mol. The molecule has 4 aromatic carbocycles. The summed E-state index contributed by atoms with van der Waals surface area (Å²) in [5.74, 6) is 0. The summed E-state index contributed by atoms with van der Waals surface area (Å²) in [4.78, 5) is 10.8. The molecule has 0 atom stereocenters. The molecule has 5 heteroatoms. The van der Waals surface area contributed by atoms with Crippen molar-refractivity contribution in [2.45, 2.75) is 0 Å². The number of furan rings is 2. The van der Waals surface area contributed by atoms with Crippen LogP contribution in [0.3, 0.4) is 0 Å². The van der Waals surface area contributed by atoms with Gasteiger partial charge in [0.15, 0.2) is 0 Å². The van der Waals surface area contributed by atoms with E-state index in [-0.39, 0.29) is 0 Å². The molecule has 0 aliphatic heterocycles. The Hall–Kier alpha value is -5.16. The van der Waals surface area contributed by atoms with Crippen LogP contribution in [-0.4, -0.2) is 9.97 Å². The van der Waals surface area contributed by atoms with Crippen molar-refractivity contribution in [3.05, 3.63) is 116 Å². The number of benzene rings is 4. The van der Waals surface area contributed by atoms with Gasteiger partial charge in [0, 0.05) is 75.5 Å². The number of rotatable bonds is 3. The Morgan fingerprint density at radius 3 is 1.62 bits per heavy atom. The van der Waals surface area contributed by atoms with E-state index >= 15 is 0 Å². The number of fused-ring (bicyclic) bond motifs is 7. The molecule has 0 fully saturated rings. The maximum atomic E-state index is 6.20. The van der Waals surface area contributed by atoms with Gasteiger partial charge in [0.1, 0.15) is 22.3 Å². The van der Waals surface area contributed by atoms with Gasteiger partial charge in [-0.2, -0.15) is 0 Å². The predicted octanol–water partition coefficient (Wildman–Crippen LogP) is 8.90. The van der Waals surface area contributed by atoms with E-state index in [1.807, 2.05) is 24.5 Å². The normalized spacial score (nSPS) is 11.8. The molecule has 0 spiro atoms. The highest BCUT2D eigenvalue weighted by molar-refractivity contribution is 6.07. The first-order valence-corrected chi connectivity index (χ1v) is 12.1. The van der Waals surface area contributed by atoms with Crippen LogP contribution in [0.2, 0.25) is 0 Å². The lowest BCUT2D eigenvalue weighted by molar-refractivity contribution is 0.668. The first-order valence-electron chi connectivity index (χ1n) is 12.1. The Labute approximate surface area is 211 Å². The minimum atomic E-state index is 0.821. The quantitative estimate of drug-likeness (QED) is 0.254. The molecule has 8 aromatic rings. The Balaban J connectivity index is 1.37. The van der Waals surface area contributed by atoms with E-state index in [1.54, 1.807) is 12.4 Å². The number of pyridine rings is 2. The summed E-state index contributed by atoms with van der Waals surface area (Å²) >= 11 is 0. The Bertz CT molecular complexity index is 2010. The fourth-order valence-corrected chi connectivity index (χ4v) is 5.26. The summed E-state index contributed by atoms with van der Waals surface area (Å²) in [6.45, 7) is 0.